The van der Waals surface area contributed by atoms with Crippen molar-refractivity contribution in [2.45, 2.75) is 43.7 Å². The fourth-order valence-electron chi connectivity index (χ4n) is 2.38. The van der Waals surface area contributed by atoms with E-state index in [1.165, 1.54) is 10.5 Å². The lowest BCUT2D eigenvalue weighted by Gasteiger charge is -2.16. The fraction of sp³-hybridized carbons (Fsp3) is 0.333. The Bertz CT molecular complexity index is 702. The minimum Gasteiger partial charge on any atom is -0.383 e. The van der Waals surface area contributed by atoms with Crippen molar-refractivity contribution in [1.82, 2.24) is 5.32 Å². The smallest absolute Gasteiger partial charge is 0.263 e. The van der Waals surface area contributed by atoms with Crippen LogP contribution in [-0.4, -0.2) is 30.5 Å². The summed E-state index contributed by atoms with van der Waals surface area (Å²) in [6.45, 7) is 3.71. The monoisotopic (exact) mass is 370 g/mol. The number of hydrogen-bond donors (Lipinski definition) is 1. The van der Waals surface area contributed by atoms with E-state index in [4.69, 9.17) is 4.84 Å². The quantitative estimate of drug-likeness (QED) is 0.407. The summed E-state index contributed by atoms with van der Waals surface area (Å²) >= 11 is 1.69. The fourth-order valence-corrected chi connectivity index (χ4v) is 2.79. The van der Waals surface area contributed by atoms with Crippen LogP contribution in [0.25, 0.3) is 0 Å². The summed E-state index contributed by atoms with van der Waals surface area (Å²) in [5.74, 6) is -0.152. The van der Waals surface area contributed by atoms with Crippen LogP contribution in [0.3, 0.4) is 0 Å². The van der Waals surface area contributed by atoms with E-state index in [2.05, 4.69) is 22.6 Å². The molecule has 0 aromatic heterocycles. The second-order valence-corrected chi connectivity index (χ2v) is 7.07. The number of amides is 1. The lowest BCUT2D eigenvalue weighted by Crippen LogP contribution is -2.39. The normalized spacial score (nSPS) is 13.3. The molecular weight excluding hydrogens is 344 g/mol. The first kappa shape index (κ1) is 20.0. The molecule has 0 saturated heterocycles. The number of nitrogens with one attached hydrogen (secondary N) is 1. The Morgan fingerprint density at radius 1 is 1.15 bits per heavy atom. The minimum atomic E-state index is -0.629. The molecule has 2 rings (SSSR count). The number of hydrogen-bond acceptors (Lipinski definition) is 4. The van der Waals surface area contributed by atoms with Crippen molar-refractivity contribution in [2.75, 3.05) is 6.26 Å². The summed E-state index contributed by atoms with van der Waals surface area (Å²) in [5.41, 5.74) is 2.21. The van der Waals surface area contributed by atoms with Gasteiger partial charge in [0, 0.05) is 10.9 Å². The predicted octanol–water partition coefficient (Wildman–Crippen LogP) is 4.29. The highest BCUT2D eigenvalue weighted by atomic mass is 32.2. The molecule has 138 valence electrons. The van der Waals surface area contributed by atoms with Crippen LogP contribution >= 0.6 is 11.8 Å². The molecule has 2 aromatic carbocycles. The predicted molar refractivity (Wildman–Crippen MR) is 109 cm³/mol. The molecular formula is C21H26N2O2S. The van der Waals surface area contributed by atoms with Gasteiger partial charge in [0.1, 0.15) is 0 Å². The van der Waals surface area contributed by atoms with Crippen LogP contribution in [0, 0.1) is 0 Å². The van der Waals surface area contributed by atoms with Crippen molar-refractivity contribution >= 4 is 23.9 Å². The van der Waals surface area contributed by atoms with Gasteiger partial charge in [-0.2, -0.15) is 0 Å². The maximum atomic E-state index is 12.2. The van der Waals surface area contributed by atoms with Crippen molar-refractivity contribution in [3.63, 3.8) is 0 Å². The number of benzene rings is 2. The van der Waals surface area contributed by atoms with Crippen LogP contribution in [0.15, 0.2) is 64.6 Å². The number of oxime groups is 1. The van der Waals surface area contributed by atoms with Crippen LogP contribution in [0.5, 0.6) is 0 Å². The van der Waals surface area contributed by atoms with E-state index in [0.717, 1.165) is 18.4 Å². The number of carbonyl (C=O) groups excluding carboxylic acids is 1. The third-order valence-electron chi connectivity index (χ3n) is 4.00. The lowest BCUT2D eigenvalue weighted by molar-refractivity contribution is -0.132. The molecule has 0 saturated carbocycles. The van der Waals surface area contributed by atoms with Crippen LogP contribution in [-0.2, 0) is 16.1 Å². The van der Waals surface area contributed by atoms with Gasteiger partial charge in [-0.1, -0.05) is 47.6 Å². The van der Waals surface area contributed by atoms with Gasteiger partial charge in [-0.05, 0) is 56.2 Å². The van der Waals surface area contributed by atoms with Crippen molar-refractivity contribution < 1.29 is 9.63 Å². The van der Waals surface area contributed by atoms with Gasteiger partial charge in [0.2, 0.25) is 6.10 Å². The van der Waals surface area contributed by atoms with Crippen molar-refractivity contribution in [3.05, 3.63) is 65.7 Å². The molecule has 5 heteroatoms. The van der Waals surface area contributed by atoms with E-state index < -0.39 is 6.10 Å². The SMILES string of the molecule is CSc1ccc(/C=N\O[C@@H](C)C(=O)N[C@@H](C)CCc2ccccc2)cc1. The van der Waals surface area contributed by atoms with Gasteiger partial charge in [0.25, 0.3) is 5.91 Å². The Kier molecular flexibility index (Phi) is 8.22. The van der Waals surface area contributed by atoms with Gasteiger partial charge in [0.15, 0.2) is 0 Å². The lowest BCUT2D eigenvalue weighted by atomic mass is 10.1. The summed E-state index contributed by atoms with van der Waals surface area (Å²) in [5, 5.41) is 6.90. The zero-order chi connectivity index (χ0) is 18.8. The first-order chi connectivity index (χ1) is 12.6. The maximum Gasteiger partial charge on any atom is 0.263 e. The Labute approximate surface area is 160 Å². The zero-order valence-electron chi connectivity index (χ0n) is 15.5. The van der Waals surface area contributed by atoms with Gasteiger partial charge in [-0.3, -0.25) is 4.79 Å². The number of rotatable bonds is 9. The first-order valence-corrected chi connectivity index (χ1v) is 9.98. The van der Waals surface area contributed by atoms with Crippen molar-refractivity contribution in [1.29, 1.82) is 0 Å². The first-order valence-electron chi connectivity index (χ1n) is 8.76. The molecule has 0 aliphatic carbocycles. The van der Waals surface area contributed by atoms with Crippen LogP contribution in [0.2, 0.25) is 0 Å². The van der Waals surface area contributed by atoms with Gasteiger partial charge in [-0.25, -0.2) is 0 Å². The van der Waals surface area contributed by atoms with Crippen LogP contribution in [0.1, 0.15) is 31.4 Å². The topological polar surface area (TPSA) is 50.7 Å². The largest absolute Gasteiger partial charge is 0.383 e. The standard InChI is InChI=1S/C21H26N2O2S/c1-16(9-10-18-7-5-4-6-8-18)23-21(24)17(2)25-22-15-19-11-13-20(26-3)14-12-19/h4-8,11-17H,9-10H2,1-3H3,(H,23,24)/b22-15-/t16-,17-/m0/s1. The van der Waals surface area contributed by atoms with Crippen molar-refractivity contribution in [3.8, 4) is 0 Å². The minimum absolute atomic E-state index is 0.0804. The number of carbonyl (C=O) groups is 1. The van der Waals surface area contributed by atoms with Gasteiger partial charge in [0.05, 0.1) is 6.21 Å². The molecule has 0 spiro atoms. The zero-order valence-corrected chi connectivity index (χ0v) is 16.3. The highest BCUT2D eigenvalue weighted by Crippen LogP contribution is 2.14. The van der Waals surface area contributed by atoms with E-state index in [-0.39, 0.29) is 11.9 Å². The third kappa shape index (κ3) is 6.92. The summed E-state index contributed by atoms with van der Waals surface area (Å²) in [7, 11) is 0. The van der Waals surface area contributed by atoms with Gasteiger partial charge < -0.3 is 10.2 Å². The molecule has 0 unspecified atom stereocenters. The number of aryl methyl sites for hydroxylation is 1. The second-order valence-electron chi connectivity index (χ2n) is 6.19. The Morgan fingerprint density at radius 2 is 1.85 bits per heavy atom. The average Bonchev–Trinajstić information content (AvgIpc) is 2.67. The van der Waals surface area contributed by atoms with E-state index >= 15 is 0 Å². The Balaban J connectivity index is 1.72. The van der Waals surface area contributed by atoms with Gasteiger partial charge >= 0.3 is 0 Å². The summed E-state index contributed by atoms with van der Waals surface area (Å²) in [4.78, 5) is 18.7. The molecule has 26 heavy (non-hydrogen) atoms. The highest BCUT2D eigenvalue weighted by Gasteiger charge is 2.16. The van der Waals surface area contributed by atoms with E-state index in [0.29, 0.717) is 0 Å². The molecule has 4 nitrogen and oxygen atoms in total. The van der Waals surface area contributed by atoms with E-state index in [1.54, 1.807) is 24.9 Å². The molecule has 0 aliphatic heterocycles. The number of nitrogens with zero attached hydrogens (tertiary/aromatic N) is 1. The molecule has 0 fully saturated rings. The summed E-state index contributed by atoms with van der Waals surface area (Å²) in [6, 6.07) is 18.3. The van der Waals surface area contributed by atoms with Crippen LogP contribution < -0.4 is 5.32 Å². The van der Waals surface area contributed by atoms with Gasteiger partial charge in [-0.15, -0.1) is 11.8 Å². The number of thioether (sulfide) groups is 1. The highest BCUT2D eigenvalue weighted by molar-refractivity contribution is 7.98. The molecule has 0 aliphatic rings. The molecule has 2 atom stereocenters. The molecule has 1 amide bonds. The molecule has 0 heterocycles. The molecule has 0 radical (unpaired) electrons. The summed E-state index contributed by atoms with van der Waals surface area (Å²) < 4.78 is 0. The molecule has 2 aromatic rings. The van der Waals surface area contributed by atoms with E-state index in [1.807, 2.05) is 55.6 Å². The summed E-state index contributed by atoms with van der Waals surface area (Å²) in [6.07, 6.45) is 4.84. The molecule has 1 N–H and O–H groups in total. The average molecular weight is 371 g/mol. The maximum absolute atomic E-state index is 12.2. The third-order valence-corrected chi connectivity index (χ3v) is 4.75. The van der Waals surface area contributed by atoms with E-state index in [9.17, 15) is 4.79 Å². The molecule has 0 bridgehead atoms. The Hall–Kier alpha value is -2.27. The van der Waals surface area contributed by atoms with Crippen molar-refractivity contribution in [2.24, 2.45) is 5.16 Å². The Morgan fingerprint density at radius 3 is 2.50 bits per heavy atom. The van der Waals surface area contributed by atoms with Crippen LogP contribution in [0.4, 0.5) is 0 Å². The second kappa shape index (κ2) is 10.7.